The van der Waals surface area contributed by atoms with Gasteiger partial charge in [-0.15, -0.1) is 0 Å². The van der Waals surface area contributed by atoms with Gasteiger partial charge >= 0.3 is 0 Å². The lowest BCUT2D eigenvalue weighted by Crippen LogP contribution is -2.44. The normalized spacial score (nSPS) is 20.1. The van der Waals surface area contributed by atoms with Crippen LogP contribution < -0.4 is 5.32 Å². The molecule has 2 nitrogen and oxygen atoms in total. The molecule has 0 bridgehead atoms. The molecule has 3 heteroatoms. The van der Waals surface area contributed by atoms with Crippen LogP contribution in [0.3, 0.4) is 0 Å². The molecule has 1 heterocycles. The summed E-state index contributed by atoms with van der Waals surface area (Å²) < 4.78 is 0. The zero-order chi connectivity index (χ0) is 10.7. The van der Waals surface area contributed by atoms with Crippen molar-refractivity contribution in [1.29, 1.82) is 0 Å². The third kappa shape index (κ3) is 2.71. The highest BCUT2D eigenvalue weighted by molar-refractivity contribution is 6.30. The smallest absolute Gasteiger partial charge is 0.0406 e. The van der Waals surface area contributed by atoms with Gasteiger partial charge in [-0.1, -0.05) is 23.7 Å². The van der Waals surface area contributed by atoms with Crippen LogP contribution in [0.5, 0.6) is 0 Å². The SMILES string of the molecule is C[C@@H](c1ccc(Cl)cc1)N1CCNCC1. The van der Waals surface area contributed by atoms with Crippen LogP contribution in [-0.4, -0.2) is 31.1 Å². The molecule has 1 atom stereocenters. The number of hydrogen-bond acceptors (Lipinski definition) is 2. The molecule has 1 aromatic rings. The zero-order valence-electron chi connectivity index (χ0n) is 9.04. The van der Waals surface area contributed by atoms with E-state index in [2.05, 4.69) is 29.3 Å². The molecule has 0 unspecified atom stereocenters. The molecule has 1 saturated heterocycles. The molecule has 0 amide bonds. The van der Waals surface area contributed by atoms with Crippen LogP contribution in [0.15, 0.2) is 24.3 Å². The van der Waals surface area contributed by atoms with Crippen molar-refractivity contribution in [3.05, 3.63) is 34.9 Å². The van der Waals surface area contributed by atoms with Crippen molar-refractivity contribution in [3.63, 3.8) is 0 Å². The lowest BCUT2D eigenvalue weighted by molar-refractivity contribution is 0.185. The van der Waals surface area contributed by atoms with E-state index in [1.807, 2.05) is 12.1 Å². The Labute approximate surface area is 96.2 Å². The van der Waals surface area contributed by atoms with E-state index in [-0.39, 0.29) is 0 Å². The molecule has 2 rings (SSSR count). The second kappa shape index (κ2) is 4.97. The first-order valence-corrected chi connectivity index (χ1v) is 5.85. The minimum absolute atomic E-state index is 0.490. The molecule has 15 heavy (non-hydrogen) atoms. The predicted molar refractivity (Wildman–Crippen MR) is 64.3 cm³/mol. The van der Waals surface area contributed by atoms with E-state index >= 15 is 0 Å². The number of hydrogen-bond donors (Lipinski definition) is 1. The van der Waals surface area contributed by atoms with E-state index in [0.717, 1.165) is 31.2 Å². The first-order valence-electron chi connectivity index (χ1n) is 5.47. The fourth-order valence-electron chi connectivity index (χ4n) is 2.02. The maximum atomic E-state index is 5.88. The molecule has 0 saturated carbocycles. The van der Waals surface area contributed by atoms with Crippen LogP contribution in [0.4, 0.5) is 0 Å². The highest BCUT2D eigenvalue weighted by atomic mass is 35.5. The molecular weight excluding hydrogens is 208 g/mol. The number of piperazine rings is 1. The summed E-state index contributed by atoms with van der Waals surface area (Å²) in [5.74, 6) is 0. The Hall–Kier alpha value is -0.570. The zero-order valence-corrected chi connectivity index (χ0v) is 9.80. The molecule has 1 fully saturated rings. The summed E-state index contributed by atoms with van der Waals surface area (Å²) in [6, 6.07) is 8.67. The molecule has 0 aromatic heterocycles. The van der Waals surface area contributed by atoms with Gasteiger partial charge in [0, 0.05) is 37.2 Å². The van der Waals surface area contributed by atoms with Crippen molar-refractivity contribution in [1.82, 2.24) is 10.2 Å². The van der Waals surface area contributed by atoms with Crippen LogP contribution in [-0.2, 0) is 0 Å². The van der Waals surface area contributed by atoms with Crippen LogP contribution in [0.2, 0.25) is 5.02 Å². The van der Waals surface area contributed by atoms with Gasteiger partial charge in [0.15, 0.2) is 0 Å². The van der Waals surface area contributed by atoms with Gasteiger partial charge in [0.05, 0.1) is 0 Å². The van der Waals surface area contributed by atoms with E-state index in [4.69, 9.17) is 11.6 Å². The maximum absolute atomic E-state index is 5.88. The number of halogens is 1. The van der Waals surface area contributed by atoms with Crippen molar-refractivity contribution in [2.45, 2.75) is 13.0 Å². The average molecular weight is 225 g/mol. The van der Waals surface area contributed by atoms with Crippen molar-refractivity contribution in [3.8, 4) is 0 Å². The highest BCUT2D eigenvalue weighted by Gasteiger charge is 2.17. The summed E-state index contributed by atoms with van der Waals surface area (Å²) in [4.78, 5) is 2.50. The van der Waals surface area contributed by atoms with Gasteiger partial charge in [0.2, 0.25) is 0 Å². The number of benzene rings is 1. The first-order chi connectivity index (χ1) is 7.27. The fourth-order valence-corrected chi connectivity index (χ4v) is 2.15. The average Bonchev–Trinajstić information content (AvgIpc) is 2.30. The standard InChI is InChI=1S/C12H17ClN2/c1-10(15-8-6-14-7-9-15)11-2-4-12(13)5-3-11/h2-5,10,14H,6-9H2,1H3/t10-/m0/s1. The Kier molecular flexibility index (Phi) is 3.62. The van der Waals surface area contributed by atoms with Crippen LogP contribution in [0.25, 0.3) is 0 Å². The van der Waals surface area contributed by atoms with Gasteiger partial charge in [-0.25, -0.2) is 0 Å². The van der Waals surface area contributed by atoms with E-state index in [1.165, 1.54) is 5.56 Å². The predicted octanol–water partition coefficient (Wildman–Crippen LogP) is 2.31. The Morgan fingerprint density at radius 1 is 1.20 bits per heavy atom. The first kappa shape index (κ1) is 10.9. The second-order valence-corrected chi connectivity index (χ2v) is 4.45. The van der Waals surface area contributed by atoms with Crippen molar-refractivity contribution in [2.24, 2.45) is 0 Å². The van der Waals surface area contributed by atoms with E-state index in [1.54, 1.807) is 0 Å². The molecule has 82 valence electrons. The van der Waals surface area contributed by atoms with E-state index in [9.17, 15) is 0 Å². The second-order valence-electron chi connectivity index (χ2n) is 4.01. The van der Waals surface area contributed by atoms with Crippen LogP contribution >= 0.6 is 11.6 Å². The Morgan fingerprint density at radius 3 is 2.40 bits per heavy atom. The molecule has 1 aromatic carbocycles. The minimum Gasteiger partial charge on any atom is -0.314 e. The number of rotatable bonds is 2. The number of nitrogens with zero attached hydrogens (tertiary/aromatic N) is 1. The van der Waals surface area contributed by atoms with Gasteiger partial charge in [-0.05, 0) is 24.6 Å². The summed E-state index contributed by atoms with van der Waals surface area (Å²) in [6.45, 7) is 6.71. The van der Waals surface area contributed by atoms with Crippen molar-refractivity contribution in [2.75, 3.05) is 26.2 Å². The van der Waals surface area contributed by atoms with E-state index in [0.29, 0.717) is 6.04 Å². The Morgan fingerprint density at radius 2 is 1.80 bits per heavy atom. The molecule has 1 aliphatic rings. The van der Waals surface area contributed by atoms with Crippen LogP contribution in [0, 0.1) is 0 Å². The third-order valence-electron chi connectivity index (χ3n) is 3.05. The lowest BCUT2D eigenvalue weighted by atomic mass is 10.1. The summed E-state index contributed by atoms with van der Waals surface area (Å²) in [6.07, 6.45) is 0. The highest BCUT2D eigenvalue weighted by Crippen LogP contribution is 2.21. The lowest BCUT2D eigenvalue weighted by Gasteiger charge is -2.33. The molecule has 1 N–H and O–H groups in total. The van der Waals surface area contributed by atoms with Gasteiger partial charge in [-0.3, -0.25) is 4.90 Å². The molecular formula is C12H17ClN2. The largest absolute Gasteiger partial charge is 0.314 e. The maximum Gasteiger partial charge on any atom is 0.0406 e. The summed E-state index contributed by atoms with van der Waals surface area (Å²) in [7, 11) is 0. The molecule has 1 aliphatic heterocycles. The fraction of sp³-hybridized carbons (Fsp3) is 0.500. The van der Waals surface area contributed by atoms with Gasteiger partial charge in [0.25, 0.3) is 0 Å². The molecule has 0 spiro atoms. The number of nitrogens with one attached hydrogen (secondary N) is 1. The third-order valence-corrected chi connectivity index (χ3v) is 3.30. The summed E-state index contributed by atoms with van der Waals surface area (Å²) in [5.41, 5.74) is 1.35. The quantitative estimate of drug-likeness (QED) is 0.830. The Bertz CT molecular complexity index is 304. The summed E-state index contributed by atoms with van der Waals surface area (Å²) in [5, 5.41) is 4.18. The minimum atomic E-state index is 0.490. The van der Waals surface area contributed by atoms with Crippen molar-refractivity contribution < 1.29 is 0 Å². The Balaban J connectivity index is 2.05. The topological polar surface area (TPSA) is 15.3 Å². The monoisotopic (exact) mass is 224 g/mol. The van der Waals surface area contributed by atoms with Gasteiger partial charge in [-0.2, -0.15) is 0 Å². The van der Waals surface area contributed by atoms with E-state index < -0.39 is 0 Å². The van der Waals surface area contributed by atoms with Gasteiger partial charge < -0.3 is 5.32 Å². The van der Waals surface area contributed by atoms with Crippen LogP contribution in [0.1, 0.15) is 18.5 Å². The molecule has 0 aliphatic carbocycles. The summed E-state index contributed by atoms with van der Waals surface area (Å²) >= 11 is 5.88. The van der Waals surface area contributed by atoms with Gasteiger partial charge in [0.1, 0.15) is 0 Å². The van der Waals surface area contributed by atoms with Crippen molar-refractivity contribution >= 4 is 11.6 Å². The molecule has 0 radical (unpaired) electrons.